The molecule has 1 saturated heterocycles. The molecule has 2 aliphatic heterocycles. The maximum atomic E-state index is 5.97. The summed E-state index contributed by atoms with van der Waals surface area (Å²) in [5.41, 5.74) is 5.45. The van der Waals surface area contributed by atoms with E-state index in [1.165, 1.54) is 10.4 Å². The zero-order valence-corrected chi connectivity index (χ0v) is 20.9. The molecule has 2 aromatic carbocycles. The van der Waals surface area contributed by atoms with Crippen molar-refractivity contribution in [2.24, 2.45) is 12.0 Å². The average molecular weight is 483 g/mol. The third-order valence-corrected chi connectivity index (χ3v) is 6.37. The van der Waals surface area contributed by atoms with Crippen LogP contribution in [0.2, 0.25) is 0 Å². The summed E-state index contributed by atoms with van der Waals surface area (Å²) in [6.45, 7) is 7.24. The van der Waals surface area contributed by atoms with Gasteiger partial charge in [0.1, 0.15) is 0 Å². The summed E-state index contributed by atoms with van der Waals surface area (Å²) in [4.78, 5) is 9.14. The number of ether oxygens (including phenoxy) is 2. The van der Waals surface area contributed by atoms with Crippen LogP contribution in [0, 0.1) is 0 Å². The number of aliphatic imine (C=N–C) groups is 1. The molecule has 1 fully saturated rings. The summed E-state index contributed by atoms with van der Waals surface area (Å²) >= 11 is 0. The lowest BCUT2D eigenvalue weighted by atomic mass is 9.79. The van der Waals surface area contributed by atoms with Crippen molar-refractivity contribution < 1.29 is 9.47 Å². The summed E-state index contributed by atoms with van der Waals surface area (Å²) in [6.07, 6.45) is 1.04. The number of hydrogen-bond donors (Lipinski definition) is 0. The van der Waals surface area contributed by atoms with E-state index in [1.54, 1.807) is 7.05 Å². The summed E-state index contributed by atoms with van der Waals surface area (Å²) in [7, 11) is 3.95. The number of aryl methyl sites for hydroxylation is 1. The van der Waals surface area contributed by atoms with Gasteiger partial charge in [0.15, 0.2) is 11.5 Å². The molecule has 0 radical (unpaired) electrons. The Morgan fingerprint density at radius 2 is 1.65 bits per heavy atom. The number of rotatable bonds is 6. The quantitative estimate of drug-likeness (QED) is 0.532. The topological polar surface area (TPSA) is 77.7 Å². The van der Waals surface area contributed by atoms with E-state index in [4.69, 9.17) is 14.5 Å². The minimum absolute atomic E-state index is 0. The van der Waals surface area contributed by atoms with Gasteiger partial charge in [-0.25, -0.2) is 0 Å². The van der Waals surface area contributed by atoms with Crippen LogP contribution in [0.1, 0.15) is 42.9 Å². The molecule has 1 aromatic heterocycles. The molecule has 0 aliphatic carbocycles. The van der Waals surface area contributed by atoms with Crippen molar-refractivity contribution in [1.29, 1.82) is 0 Å². The molecule has 5 rings (SSSR count). The van der Waals surface area contributed by atoms with Gasteiger partial charge in [0.2, 0.25) is 5.82 Å². The Morgan fingerprint density at radius 1 is 0.971 bits per heavy atom. The van der Waals surface area contributed by atoms with Gasteiger partial charge in [-0.05, 0) is 56.8 Å². The van der Waals surface area contributed by atoms with E-state index >= 15 is 0 Å². The van der Waals surface area contributed by atoms with E-state index < -0.39 is 0 Å². The molecule has 0 spiro atoms. The molecule has 0 unspecified atom stereocenters. The molecule has 8 nitrogen and oxygen atoms in total. The summed E-state index contributed by atoms with van der Waals surface area (Å²) in [5.74, 6) is 2.55. The normalized spacial score (nSPS) is 19.5. The van der Waals surface area contributed by atoms with Gasteiger partial charge in [-0.3, -0.25) is 4.99 Å². The lowest BCUT2D eigenvalue weighted by Crippen LogP contribution is -2.41. The van der Waals surface area contributed by atoms with Gasteiger partial charge in [-0.2, -0.15) is 4.80 Å². The first kappa shape index (κ1) is 24.2. The van der Waals surface area contributed by atoms with Crippen molar-refractivity contribution in [2.45, 2.75) is 32.2 Å². The highest BCUT2D eigenvalue weighted by Gasteiger charge is 2.36. The molecule has 180 valence electrons. The van der Waals surface area contributed by atoms with Crippen LogP contribution in [-0.2, 0) is 7.05 Å². The Bertz CT molecular complexity index is 1180. The van der Waals surface area contributed by atoms with Crippen LogP contribution in [-0.4, -0.2) is 70.2 Å². The second-order valence-electron chi connectivity index (χ2n) is 8.63. The molecule has 34 heavy (non-hydrogen) atoms. The maximum Gasteiger partial charge on any atom is 0.204 e. The lowest BCUT2D eigenvalue weighted by Gasteiger charge is -2.39. The minimum atomic E-state index is 0. The standard InChI is InChI=1S/C25H30N6O2.ClH/c1-5-32-22-13-18-19(14-23(22)33-6-2)24(26-21-11-12-30(3)15-20(18)21)16-7-9-17(10-8-16)25-27-29-31(4)28-25;/h7-10,13-14,20-21H,5-6,11-12,15H2,1-4H3;1H/t20-,21-;/m1./s1. The fourth-order valence-corrected chi connectivity index (χ4v) is 4.83. The highest BCUT2D eigenvalue weighted by atomic mass is 35.5. The summed E-state index contributed by atoms with van der Waals surface area (Å²) in [6, 6.07) is 12.8. The molecule has 2 aliphatic rings. The first-order chi connectivity index (χ1) is 16.1. The van der Waals surface area contributed by atoms with E-state index in [9.17, 15) is 0 Å². The number of fused-ring (bicyclic) bond motifs is 3. The first-order valence-corrected chi connectivity index (χ1v) is 11.6. The molecule has 0 saturated carbocycles. The van der Waals surface area contributed by atoms with E-state index in [2.05, 4.69) is 51.6 Å². The van der Waals surface area contributed by atoms with Crippen LogP contribution >= 0.6 is 12.4 Å². The zero-order chi connectivity index (χ0) is 22.9. The van der Waals surface area contributed by atoms with Crippen LogP contribution in [0.3, 0.4) is 0 Å². The van der Waals surface area contributed by atoms with E-state index in [0.29, 0.717) is 25.0 Å². The fraction of sp³-hybridized carbons (Fsp3) is 0.440. The van der Waals surface area contributed by atoms with Crippen LogP contribution < -0.4 is 9.47 Å². The summed E-state index contributed by atoms with van der Waals surface area (Å²) in [5, 5.41) is 12.4. The van der Waals surface area contributed by atoms with Crippen molar-refractivity contribution in [1.82, 2.24) is 25.1 Å². The predicted octanol–water partition coefficient (Wildman–Crippen LogP) is 3.74. The Hall–Kier alpha value is -2.97. The molecule has 0 bridgehead atoms. The number of tetrazole rings is 1. The number of nitrogens with zero attached hydrogens (tertiary/aromatic N) is 6. The molecule has 2 atom stereocenters. The Kier molecular flexibility index (Phi) is 7.19. The Balaban J connectivity index is 0.00000274. The molecule has 3 aromatic rings. The molecular formula is C25H31ClN6O2. The molecule has 3 heterocycles. The second kappa shape index (κ2) is 10.1. The zero-order valence-electron chi connectivity index (χ0n) is 20.1. The van der Waals surface area contributed by atoms with Crippen LogP contribution in [0.25, 0.3) is 11.4 Å². The van der Waals surface area contributed by atoms with Crippen LogP contribution in [0.4, 0.5) is 0 Å². The van der Waals surface area contributed by atoms with Gasteiger partial charge >= 0.3 is 0 Å². The monoisotopic (exact) mass is 482 g/mol. The van der Waals surface area contributed by atoms with Crippen molar-refractivity contribution in [3.05, 3.63) is 53.1 Å². The Morgan fingerprint density at radius 3 is 2.29 bits per heavy atom. The van der Waals surface area contributed by atoms with E-state index in [0.717, 1.165) is 53.4 Å². The predicted molar refractivity (Wildman–Crippen MR) is 135 cm³/mol. The maximum absolute atomic E-state index is 5.97. The fourth-order valence-electron chi connectivity index (χ4n) is 4.83. The van der Waals surface area contributed by atoms with Crippen LogP contribution in [0.5, 0.6) is 11.5 Å². The van der Waals surface area contributed by atoms with Crippen molar-refractivity contribution in [3.8, 4) is 22.9 Å². The number of halogens is 1. The number of piperidine rings is 1. The molecule has 0 amide bonds. The van der Waals surface area contributed by atoms with E-state index in [-0.39, 0.29) is 18.4 Å². The molecule has 0 N–H and O–H groups in total. The number of aromatic nitrogens is 4. The summed E-state index contributed by atoms with van der Waals surface area (Å²) < 4.78 is 11.9. The highest BCUT2D eigenvalue weighted by Crippen LogP contribution is 2.42. The minimum Gasteiger partial charge on any atom is -0.490 e. The SMILES string of the molecule is CCOc1cc2c(cc1OCC)[C@H]1CN(C)CC[C@H]1N=C2c1ccc(-c2nnn(C)n2)cc1.Cl. The van der Waals surface area contributed by atoms with Crippen molar-refractivity contribution >= 4 is 18.1 Å². The van der Waals surface area contributed by atoms with E-state index in [1.807, 2.05) is 26.0 Å². The Labute approximate surface area is 206 Å². The largest absolute Gasteiger partial charge is 0.490 e. The third-order valence-electron chi connectivity index (χ3n) is 6.37. The molecular weight excluding hydrogens is 452 g/mol. The third kappa shape index (κ3) is 4.52. The van der Waals surface area contributed by atoms with Gasteiger partial charge < -0.3 is 14.4 Å². The van der Waals surface area contributed by atoms with Gasteiger partial charge in [0.05, 0.1) is 32.0 Å². The number of benzene rings is 2. The smallest absolute Gasteiger partial charge is 0.204 e. The number of likely N-dealkylation sites (tertiary alicyclic amines) is 1. The lowest BCUT2D eigenvalue weighted by molar-refractivity contribution is 0.226. The van der Waals surface area contributed by atoms with Gasteiger partial charge in [0.25, 0.3) is 0 Å². The van der Waals surface area contributed by atoms with Crippen molar-refractivity contribution in [2.75, 3.05) is 33.4 Å². The van der Waals surface area contributed by atoms with Gasteiger partial charge in [-0.1, -0.05) is 24.3 Å². The number of hydrogen-bond acceptors (Lipinski definition) is 7. The van der Waals surface area contributed by atoms with Crippen LogP contribution in [0.15, 0.2) is 41.4 Å². The number of likely N-dealkylation sites (N-methyl/N-ethyl adjacent to an activating group) is 1. The van der Waals surface area contributed by atoms with Gasteiger partial charge in [0, 0.05) is 29.2 Å². The molecule has 9 heteroatoms. The first-order valence-electron chi connectivity index (χ1n) is 11.6. The average Bonchev–Trinajstić information content (AvgIpc) is 3.26. The second-order valence-corrected chi connectivity index (χ2v) is 8.63. The van der Waals surface area contributed by atoms with Gasteiger partial charge in [-0.15, -0.1) is 22.6 Å². The highest BCUT2D eigenvalue weighted by molar-refractivity contribution is 6.15. The van der Waals surface area contributed by atoms with Crippen molar-refractivity contribution in [3.63, 3.8) is 0 Å².